The first kappa shape index (κ1) is 47.5. The van der Waals surface area contributed by atoms with Crippen LogP contribution in [0.25, 0.3) is 97.4 Å². The molecule has 80 heavy (non-hydrogen) atoms. The lowest BCUT2D eigenvalue weighted by molar-refractivity contribution is 0.589. The second-order valence-electron chi connectivity index (χ2n) is 23.1. The van der Waals surface area contributed by atoms with Gasteiger partial charge in [0.05, 0.1) is 27.8 Å². The zero-order valence-corrected chi connectivity index (χ0v) is 46.9. The molecule has 6 heteroatoms. The number of fused-ring (bicyclic) bond motifs is 13. The van der Waals surface area contributed by atoms with Gasteiger partial charge in [-0.3, -0.25) is 0 Å². The summed E-state index contributed by atoms with van der Waals surface area (Å²) in [6, 6.07) is 87.5. The summed E-state index contributed by atoms with van der Waals surface area (Å²) >= 11 is 3.88. The zero-order chi connectivity index (χ0) is 53.4. The monoisotopic (exact) mass is 1060 g/mol. The maximum atomic E-state index is 2.71. The van der Waals surface area contributed by atoms with Crippen molar-refractivity contribution in [2.45, 2.75) is 62.2 Å². The summed E-state index contributed by atoms with van der Waals surface area (Å²) in [6.45, 7) is 9.47. The quantitative estimate of drug-likeness (QED) is 0.141. The smallest absolute Gasteiger partial charge is 0.249 e. The highest BCUT2D eigenvalue weighted by atomic mass is 32.2. The summed E-state index contributed by atoms with van der Waals surface area (Å²) < 4.78 is 7.67. The van der Waals surface area contributed by atoms with Crippen LogP contribution in [0, 0.1) is 0 Å². The molecule has 5 heterocycles. The maximum Gasteiger partial charge on any atom is 0.249 e. The van der Waals surface area contributed by atoms with Crippen LogP contribution in [-0.4, -0.2) is 15.8 Å². The van der Waals surface area contributed by atoms with Gasteiger partial charge in [0.15, 0.2) is 0 Å². The van der Waals surface area contributed by atoms with Gasteiger partial charge in [-0.15, -0.1) is 11.3 Å². The van der Waals surface area contributed by atoms with Crippen LogP contribution in [0.2, 0.25) is 0 Å². The zero-order valence-electron chi connectivity index (χ0n) is 45.3. The predicted molar refractivity (Wildman–Crippen MR) is 346 cm³/mol. The Balaban J connectivity index is 0.947. The SMILES string of the molecule is CCCCc1cc2c(cc1N1c3cc(-n4c5ccccc5c5cc(-c6ccccc6)ccc54)ccc3B3c4ccc(-n5c6ccccc6c6cc(-c7ccccc7)ccc65)cc4Sc4cc(C(C)(C)C)cc1c43)sc1ccccc12. The van der Waals surface area contributed by atoms with E-state index < -0.39 is 0 Å². The molecule has 3 aromatic heterocycles. The van der Waals surface area contributed by atoms with E-state index in [1.54, 1.807) is 0 Å². The summed E-state index contributed by atoms with van der Waals surface area (Å²) in [5.41, 5.74) is 22.6. The van der Waals surface area contributed by atoms with Crippen molar-refractivity contribution < 1.29 is 0 Å². The van der Waals surface area contributed by atoms with Gasteiger partial charge in [-0.05, 0) is 154 Å². The summed E-state index contributed by atoms with van der Waals surface area (Å²) in [5, 5.41) is 7.74. The number of unbranched alkanes of at least 4 members (excludes halogenated alkanes) is 1. The Morgan fingerprint density at radius 3 is 1.62 bits per heavy atom. The number of anilines is 3. The maximum absolute atomic E-state index is 2.71. The van der Waals surface area contributed by atoms with Crippen molar-refractivity contribution in [1.29, 1.82) is 0 Å². The topological polar surface area (TPSA) is 13.1 Å². The Labute approximate surface area is 475 Å². The molecule has 0 unspecified atom stereocenters. The van der Waals surface area contributed by atoms with Crippen LogP contribution in [-0.2, 0) is 11.8 Å². The number of thiophene rings is 1. The van der Waals surface area contributed by atoms with E-state index >= 15 is 0 Å². The van der Waals surface area contributed by atoms with Crippen LogP contribution >= 0.6 is 23.1 Å². The molecule has 0 saturated carbocycles. The number of benzene rings is 11. The molecule has 0 bridgehead atoms. The molecule has 16 rings (SSSR count). The van der Waals surface area contributed by atoms with E-state index in [2.05, 4.69) is 272 Å². The van der Waals surface area contributed by atoms with E-state index in [9.17, 15) is 0 Å². The second kappa shape index (κ2) is 18.3. The molecule has 0 saturated heterocycles. The standard InChI is InChI=1S/C74H56BN3S2/c1-5-6-19-50-40-59-56-26-15-18-29-69(56)79-70(59)45-66(50)78-67-43-52(76-62-27-16-13-24-54(62)57-38-48(30-36-64(57)76)46-20-9-7-10-21-46)32-34-60(67)75-61-35-33-53(44-71(61)80-72-42-51(74(2,3)4)41-68(78)73(72)75)77-63-28-17-14-25-55(63)58-39-49(31-37-65(58)77)47-22-11-8-12-23-47/h7-18,20-45H,5-6,19H2,1-4H3. The highest BCUT2D eigenvalue weighted by molar-refractivity contribution is 8.00. The average Bonchev–Trinajstić information content (AvgIpc) is 4.01. The van der Waals surface area contributed by atoms with Gasteiger partial charge in [0.1, 0.15) is 0 Å². The molecule has 2 aliphatic rings. The van der Waals surface area contributed by atoms with Crippen LogP contribution < -0.4 is 21.3 Å². The molecule has 0 fully saturated rings. The summed E-state index contributed by atoms with van der Waals surface area (Å²) in [5.74, 6) is 0. The fourth-order valence-corrected chi connectivity index (χ4v) is 15.8. The van der Waals surface area contributed by atoms with E-state index in [0.29, 0.717) is 0 Å². The highest BCUT2D eigenvalue weighted by Crippen LogP contribution is 2.49. The minimum Gasteiger partial charge on any atom is -0.311 e. The van der Waals surface area contributed by atoms with Gasteiger partial charge >= 0.3 is 0 Å². The molecule has 382 valence electrons. The molecule has 0 aliphatic carbocycles. The lowest BCUT2D eigenvalue weighted by atomic mass is 9.34. The third kappa shape index (κ3) is 7.35. The molecule has 0 atom stereocenters. The van der Waals surface area contributed by atoms with Crippen LogP contribution in [0.15, 0.2) is 240 Å². The third-order valence-corrected chi connectivity index (χ3v) is 19.6. The summed E-state index contributed by atoms with van der Waals surface area (Å²) in [7, 11) is 0. The van der Waals surface area contributed by atoms with E-state index in [4.69, 9.17) is 0 Å². The first-order valence-electron chi connectivity index (χ1n) is 28.3. The van der Waals surface area contributed by atoms with Crippen LogP contribution in [0.1, 0.15) is 51.7 Å². The number of para-hydroxylation sites is 2. The Morgan fingerprint density at radius 2 is 0.988 bits per heavy atom. The van der Waals surface area contributed by atoms with Gasteiger partial charge in [-0.1, -0.05) is 191 Å². The molecule has 0 N–H and O–H groups in total. The van der Waals surface area contributed by atoms with Crippen molar-refractivity contribution in [2.24, 2.45) is 0 Å². The molecule has 14 aromatic rings. The Kier molecular flexibility index (Phi) is 10.8. The number of hydrogen-bond donors (Lipinski definition) is 0. The minimum absolute atomic E-state index is 0.00456. The summed E-state index contributed by atoms with van der Waals surface area (Å²) in [6.07, 6.45) is 3.23. The molecular weight excluding hydrogens is 1010 g/mol. The number of aryl methyl sites for hydroxylation is 1. The molecule has 11 aromatic carbocycles. The first-order valence-corrected chi connectivity index (χ1v) is 30.0. The Bertz CT molecular complexity index is 4850. The summed E-state index contributed by atoms with van der Waals surface area (Å²) in [4.78, 5) is 5.35. The third-order valence-electron chi connectivity index (χ3n) is 17.3. The second-order valence-corrected chi connectivity index (χ2v) is 25.2. The number of rotatable bonds is 8. The Hall–Kier alpha value is -8.55. The van der Waals surface area contributed by atoms with Crippen molar-refractivity contribution in [1.82, 2.24) is 9.13 Å². The van der Waals surface area contributed by atoms with Crippen LogP contribution in [0.3, 0.4) is 0 Å². The van der Waals surface area contributed by atoms with Gasteiger partial charge in [0, 0.05) is 74.3 Å². The van der Waals surface area contributed by atoms with Crippen molar-refractivity contribution >= 4 is 127 Å². The first-order chi connectivity index (χ1) is 39.3. The average molecular weight is 1060 g/mol. The molecular formula is C74H56BN3S2. The van der Waals surface area contributed by atoms with E-state index in [1.807, 2.05) is 23.1 Å². The van der Waals surface area contributed by atoms with Crippen LogP contribution in [0.5, 0.6) is 0 Å². The predicted octanol–water partition coefficient (Wildman–Crippen LogP) is 19.0. The normalized spacial score (nSPS) is 13.1. The lowest BCUT2D eigenvalue weighted by Gasteiger charge is -2.42. The van der Waals surface area contributed by atoms with Gasteiger partial charge in [-0.2, -0.15) is 0 Å². The molecule has 2 aliphatic heterocycles. The van der Waals surface area contributed by atoms with E-state index in [0.717, 1.165) is 24.9 Å². The van der Waals surface area contributed by atoms with Gasteiger partial charge < -0.3 is 14.0 Å². The molecule has 3 nitrogen and oxygen atoms in total. The number of aromatic nitrogens is 2. The number of nitrogens with zero attached hydrogens (tertiary/aromatic N) is 3. The number of hydrogen-bond acceptors (Lipinski definition) is 3. The van der Waals surface area contributed by atoms with Crippen molar-refractivity contribution in [3.8, 4) is 33.6 Å². The van der Waals surface area contributed by atoms with Gasteiger partial charge in [-0.25, -0.2) is 0 Å². The highest BCUT2D eigenvalue weighted by Gasteiger charge is 2.43. The molecule has 0 spiro atoms. The van der Waals surface area contributed by atoms with Crippen molar-refractivity contribution in [3.05, 3.63) is 242 Å². The fourth-order valence-electron chi connectivity index (χ4n) is 13.4. The van der Waals surface area contributed by atoms with Crippen molar-refractivity contribution in [2.75, 3.05) is 4.90 Å². The lowest BCUT2D eigenvalue weighted by Crippen LogP contribution is -2.60. The largest absolute Gasteiger partial charge is 0.311 e. The fraction of sp³-hybridized carbons (Fsp3) is 0.108. The van der Waals surface area contributed by atoms with Crippen molar-refractivity contribution in [3.63, 3.8) is 0 Å². The van der Waals surface area contributed by atoms with Gasteiger partial charge in [0.25, 0.3) is 0 Å². The van der Waals surface area contributed by atoms with E-state index in [1.165, 1.54) is 146 Å². The van der Waals surface area contributed by atoms with Crippen LogP contribution in [0.4, 0.5) is 17.1 Å². The van der Waals surface area contributed by atoms with E-state index in [-0.39, 0.29) is 12.1 Å². The molecule has 0 radical (unpaired) electrons. The molecule has 0 amide bonds. The minimum atomic E-state index is -0.110. The Morgan fingerprint density at radius 1 is 0.412 bits per heavy atom. The van der Waals surface area contributed by atoms with Gasteiger partial charge in [0.2, 0.25) is 6.71 Å².